The first-order valence-corrected chi connectivity index (χ1v) is 12.3. The van der Waals surface area contributed by atoms with Crippen molar-refractivity contribution in [2.75, 3.05) is 14.2 Å². The molecule has 0 radical (unpaired) electrons. The van der Waals surface area contributed by atoms with E-state index in [2.05, 4.69) is 4.98 Å². The molecule has 1 heterocycles. The number of ether oxygens (including phenoxy) is 4. The number of carbonyl (C=O) groups excluding carboxylic acids is 2. The monoisotopic (exact) mass is 511 g/mol. The molecule has 0 N–H and O–H groups in total. The molecular weight excluding hydrogens is 485 g/mol. The summed E-state index contributed by atoms with van der Waals surface area (Å²) in [4.78, 5) is 29.1. The minimum absolute atomic E-state index is 0.329. The van der Waals surface area contributed by atoms with E-state index in [4.69, 9.17) is 18.9 Å². The van der Waals surface area contributed by atoms with Crippen LogP contribution in [0.2, 0.25) is 0 Å². The van der Waals surface area contributed by atoms with Gasteiger partial charge in [0.2, 0.25) is 0 Å². The van der Waals surface area contributed by atoms with Crippen molar-refractivity contribution in [1.29, 1.82) is 0 Å². The zero-order valence-corrected chi connectivity index (χ0v) is 21.3. The number of hydrogen-bond donors (Lipinski definition) is 0. The van der Waals surface area contributed by atoms with E-state index in [0.717, 1.165) is 16.5 Å². The molecule has 0 saturated carbocycles. The average Bonchev–Trinajstić information content (AvgIpc) is 2.77. The van der Waals surface area contributed by atoms with E-state index in [1.165, 1.54) is 7.11 Å². The molecule has 2 aromatic carbocycles. The van der Waals surface area contributed by atoms with Gasteiger partial charge in [-0.25, -0.2) is 0 Å². The van der Waals surface area contributed by atoms with Gasteiger partial charge in [0, 0.05) is 0 Å². The standard InChI is InChI=1S/C25H26AsNO6/c1-25(2,3)33-24(29)26-18(23(28)31-5)15-16-10-12-19-17(14-16)11-13-22(27-19)32-21-9-7-6-8-20(21)30-4/h6-15,26H,1-5H3/b18-15+. The number of fused-ring (bicyclic) bond motifs is 1. The van der Waals surface area contributed by atoms with E-state index in [9.17, 15) is 9.59 Å². The Hall–Kier alpha value is -3.31. The van der Waals surface area contributed by atoms with E-state index >= 15 is 0 Å². The van der Waals surface area contributed by atoms with Gasteiger partial charge in [0.1, 0.15) is 0 Å². The van der Waals surface area contributed by atoms with Crippen molar-refractivity contribution < 1.29 is 28.5 Å². The first-order valence-electron chi connectivity index (χ1n) is 10.2. The molecule has 0 fully saturated rings. The van der Waals surface area contributed by atoms with Gasteiger partial charge in [-0.3, -0.25) is 0 Å². The molecule has 0 saturated heterocycles. The molecule has 1 unspecified atom stereocenters. The van der Waals surface area contributed by atoms with E-state index in [1.807, 2.05) is 42.5 Å². The van der Waals surface area contributed by atoms with Crippen LogP contribution in [0, 0.1) is 0 Å². The molecule has 3 rings (SSSR count). The Morgan fingerprint density at radius 3 is 2.36 bits per heavy atom. The summed E-state index contributed by atoms with van der Waals surface area (Å²) in [7, 11) is 2.88. The van der Waals surface area contributed by atoms with Crippen LogP contribution in [0.4, 0.5) is 4.79 Å². The Morgan fingerprint density at radius 1 is 0.970 bits per heavy atom. The van der Waals surface area contributed by atoms with E-state index < -0.39 is 27.3 Å². The molecule has 0 aliphatic heterocycles. The fourth-order valence-corrected chi connectivity index (χ4v) is 5.06. The number of rotatable bonds is 7. The van der Waals surface area contributed by atoms with Gasteiger partial charge in [0.15, 0.2) is 0 Å². The number of benzene rings is 2. The Morgan fingerprint density at radius 2 is 1.70 bits per heavy atom. The van der Waals surface area contributed by atoms with Gasteiger partial charge in [-0.2, -0.15) is 0 Å². The predicted molar refractivity (Wildman–Crippen MR) is 128 cm³/mol. The quantitative estimate of drug-likeness (QED) is 0.253. The maximum absolute atomic E-state index is 12.3. The average molecular weight is 511 g/mol. The molecule has 0 bridgehead atoms. The third kappa shape index (κ3) is 6.83. The summed E-state index contributed by atoms with van der Waals surface area (Å²) in [6.07, 6.45) is 1.68. The van der Waals surface area contributed by atoms with Crippen molar-refractivity contribution in [3.05, 3.63) is 64.5 Å². The maximum atomic E-state index is 12.3. The molecule has 8 heteroatoms. The molecule has 33 heavy (non-hydrogen) atoms. The minimum atomic E-state index is -1.51. The van der Waals surface area contributed by atoms with Crippen molar-refractivity contribution in [2.24, 2.45) is 0 Å². The van der Waals surface area contributed by atoms with Crippen LogP contribution in [0.15, 0.2) is 59.0 Å². The zero-order chi connectivity index (χ0) is 24.0. The normalized spacial score (nSPS) is 12.1. The van der Waals surface area contributed by atoms with Gasteiger partial charge in [0.05, 0.1) is 7.11 Å². The number of hydrogen-bond acceptors (Lipinski definition) is 7. The van der Waals surface area contributed by atoms with E-state index in [0.29, 0.717) is 21.7 Å². The van der Waals surface area contributed by atoms with Gasteiger partial charge in [-0.15, -0.1) is 0 Å². The zero-order valence-electron chi connectivity index (χ0n) is 19.2. The van der Waals surface area contributed by atoms with Gasteiger partial charge >= 0.3 is 186 Å². The SMILES string of the molecule is COC(=O)/C(=C\c1ccc2nc(Oc3ccccc3OC)ccc2c1)[AsH]C(=O)OC(C)(C)C. The van der Waals surface area contributed by atoms with E-state index in [1.54, 1.807) is 46.1 Å². The van der Waals surface area contributed by atoms with Crippen LogP contribution in [-0.4, -0.2) is 51.3 Å². The van der Waals surface area contributed by atoms with Crippen molar-refractivity contribution in [3.8, 4) is 17.4 Å². The predicted octanol–water partition coefficient (Wildman–Crippen LogP) is 4.92. The Balaban J connectivity index is 1.85. The topological polar surface area (TPSA) is 84.0 Å². The summed E-state index contributed by atoms with van der Waals surface area (Å²) in [5, 5.41) is 0.859. The van der Waals surface area contributed by atoms with Crippen LogP contribution in [-0.2, 0) is 14.3 Å². The van der Waals surface area contributed by atoms with Crippen molar-refractivity contribution in [1.82, 2.24) is 4.98 Å². The molecule has 0 spiro atoms. The number of carbonyl (C=O) groups is 2. The van der Waals surface area contributed by atoms with Gasteiger partial charge in [0.25, 0.3) is 0 Å². The van der Waals surface area contributed by atoms with Crippen molar-refractivity contribution in [2.45, 2.75) is 26.4 Å². The molecule has 3 aromatic rings. The third-order valence-corrected chi connectivity index (χ3v) is 6.26. The fraction of sp³-hybridized carbons (Fsp3) is 0.240. The fourth-order valence-electron chi connectivity index (χ4n) is 2.92. The van der Waals surface area contributed by atoms with Gasteiger partial charge in [-0.05, 0) is 0 Å². The first-order chi connectivity index (χ1) is 15.7. The summed E-state index contributed by atoms with van der Waals surface area (Å²) in [6, 6.07) is 16.5. The Kier molecular flexibility index (Phi) is 7.77. The molecule has 0 aliphatic carbocycles. The molecule has 0 amide bonds. The van der Waals surface area contributed by atoms with Crippen LogP contribution in [0.1, 0.15) is 26.3 Å². The molecule has 172 valence electrons. The van der Waals surface area contributed by atoms with Crippen LogP contribution in [0.5, 0.6) is 17.4 Å². The van der Waals surface area contributed by atoms with Gasteiger partial charge in [-0.1, -0.05) is 6.07 Å². The summed E-state index contributed by atoms with van der Waals surface area (Å²) in [6.45, 7) is 5.38. The van der Waals surface area contributed by atoms with Crippen LogP contribution < -0.4 is 9.47 Å². The van der Waals surface area contributed by atoms with Crippen LogP contribution in [0.25, 0.3) is 17.0 Å². The molecule has 1 aromatic heterocycles. The number of aromatic nitrogens is 1. The van der Waals surface area contributed by atoms with Crippen molar-refractivity contribution >= 4 is 43.5 Å². The van der Waals surface area contributed by atoms with Crippen LogP contribution in [0.3, 0.4) is 0 Å². The number of esters is 1. The number of para-hydroxylation sites is 2. The molecule has 0 aliphatic rings. The summed E-state index contributed by atoms with van der Waals surface area (Å²) in [5.74, 6) is 1.09. The second-order valence-electron chi connectivity index (χ2n) is 8.03. The van der Waals surface area contributed by atoms with E-state index in [-0.39, 0.29) is 4.76 Å². The first kappa shape index (κ1) is 24.3. The molecule has 7 nitrogen and oxygen atoms in total. The molecular formula is C25H26AsNO6. The number of pyridine rings is 1. The van der Waals surface area contributed by atoms with Gasteiger partial charge < -0.3 is 0 Å². The summed E-state index contributed by atoms with van der Waals surface area (Å²) in [5.41, 5.74) is 0.873. The summed E-state index contributed by atoms with van der Waals surface area (Å²) >= 11 is -1.51. The second kappa shape index (κ2) is 10.5. The summed E-state index contributed by atoms with van der Waals surface area (Å²) < 4.78 is 21.4. The third-order valence-electron chi connectivity index (χ3n) is 4.32. The second-order valence-corrected chi connectivity index (χ2v) is 10.5. The number of nitrogens with zero attached hydrogens (tertiary/aromatic N) is 1. The van der Waals surface area contributed by atoms with Crippen LogP contribution >= 0.6 is 0 Å². The number of methoxy groups -OCH3 is 2. The Bertz CT molecular complexity index is 1200. The van der Waals surface area contributed by atoms with Crippen molar-refractivity contribution in [3.63, 3.8) is 0 Å². The Labute approximate surface area is 199 Å². The molecule has 1 atom stereocenters.